The van der Waals surface area contributed by atoms with Crippen LogP contribution in [0.5, 0.6) is 0 Å². The lowest BCUT2D eigenvalue weighted by Gasteiger charge is -2.36. The zero-order chi connectivity index (χ0) is 19.9. The molecule has 0 aliphatic carbocycles. The number of esters is 2. The molecule has 0 unspecified atom stereocenters. The van der Waals surface area contributed by atoms with E-state index >= 15 is 0 Å². The normalized spacial score (nSPS) is 18.0. The van der Waals surface area contributed by atoms with Crippen LogP contribution in [0.1, 0.15) is 43.4 Å². The molecule has 0 spiro atoms. The number of cyclic esters (lactones) is 2. The molecule has 5 heteroatoms. The van der Waals surface area contributed by atoms with E-state index in [0.29, 0.717) is 0 Å². The van der Waals surface area contributed by atoms with E-state index in [0.717, 1.165) is 28.5 Å². The first-order valence-corrected chi connectivity index (χ1v) is 9.50. The van der Waals surface area contributed by atoms with E-state index in [1.807, 2.05) is 54.7 Å². The summed E-state index contributed by atoms with van der Waals surface area (Å²) in [5.41, 5.74) is 3.89. The van der Waals surface area contributed by atoms with E-state index < -0.39 is 29.6 Å². The molecule has 3 aromatic rings. The number of benzene rings is 2. The van der Waals surface area contributed by atoms with Crippen molar-refractivity contribution in [3.63, 3.8) is 0 Å². The number of para-hydroxylation sites is 1. The molecule has 1 fully saturated rings. The average molecular weight is 377 g/mol. The van der Waals surface area contributed by atoms with Gasteiger partial charge in [-0.25, -0.2) is 0 Å². The van der Waals surface area contributed by atoms with Crippen LogP contribution in [0, 0.1) is 5.92 Å². The van der Waals surface area contributed by atoms with Crippen molar-refractivity contribution in [3.8, 4) is 0 Å². The summed E-state index contributed by atoms with van der Waals surface area (Å²) in [4.78, 5) is 29.0. The van der Waals surface area contributed by atoms with Crippen LogP contribution in [0.15, 0.2) is 54.7 Å². The number of fused-ring (bicyclic) bond motifs is 1. The van der Waals surface area contributed by atoms with Crippen LogP contribution < -0.4 is 0 Å². The summed E-state index contributed by atoms with van der Waals surface area (Å²) < 4.78 is 10.8. The number of rotatable bonds is 4. The third-order valence-corrected chi connectivity index (χ3v) is 5.24. The maximum atomic E-state index is 12.9. The largest absolute Gasteiger partial charge is 0.422 e. The Hall–Kier alpha value is -3.08. The molecule has 0 bridgehead atoms. The minimum atomic E-state index is -1.25. The number of nitrogens with one attached hydrogen (secondary N) is 1. The van der Waals surface area contributed by atoms with Gasteiger partial charge in [0, 0.05) is 36.9 Å². The number of aryl methyl sites for hydroxylation is 1. The first kappa shape index (κ1) is 18.3. The fourth-order valence-electron chi connectivity index (χ4n) is 3.86. The van der Waals surface area contributed by atoms with E-state index in [4.69, 9.17) is 9.47 Å². The fraction of sp³-hybridized carbons (Fsp3) is 0.304. The molecular weight excluding hydrogens is 354 g/mol. The predicted octanol–water partition coefficient (Wildman–Crippen LogP) is 4.31. The molecule has 1 atom stereocenters. The summed E-state index contributed by atoms with van der Waals surface area (Å²) in [5.74, 6) is -3.92. The molecule has 1 saturated heterocycles. The first-order valence-electron chi connectivity index (χ1n) is 9.50. The summed E-state index contributed by atoms with van der Waals surface area (Å²) >= 11 is 0. The van der Waals surface area contributed by atoms with Gasteiger partial charge in [-0.1, -0.05) is 49.4 Å². The Bertz CT molecular complexity index is 1010. The van der Waals surface area contributed by atoms with Crippen LogP contribution in [0.3, 0.4) is 0 Å². The molecule has 28 heavy (non-hydrogen) atoms. The van der Waals surface area contributed by atoms with Gasteiger partial charge in [0.05, 0.1) is 0 Å². The third-order valence-electron chi connectivity index (χ3n) is 5.24. The lowest BCUT2D eigenvalue weighted by molar-refractivity contribution is -0.240. The number of aromatic amines is 1. The highest BCUT2D eigenvalue weighted by Crippen LogP contribution is 2.40. The van der Waals surface area contributed by atoms with Crippen molar-refractivity contribution >= 4 is 22.8 Å². The molecule has 0 radical (unpaired) electrons. The van der Waals surface area contributed by atoms with Crippen molar-refractivity contribution in [3.05, 3.63) is 71.4 Å². The van der Waals surface area contributed by atoms with Crippen molar-refractivity contribution < 1.29 is 19.1 Å². The number of carbonyl (C=O) groups excluding carboxylic acids is 2. The summed E-state index contributed by atoms with van der Waals surface area (Å²) in [5, 5.41) is 0.970. The molecule has 144 valence electrons. The van der Waals surface area contributed by atoms with Crippen LogP contribution in [0.4, 0.5) is 0 Å². The Morgan fingerprint density at radius 1 is 1.00 bits per heavy atom. The molecule has 1 aliphatic heterocycles. The number of hydrogen-bond acceptors (Lipinski definition) is 4. The number of ether oxygens (including phenoxy) is 2. The maximum Gasteiger partial charge on any atom is 0.324 e. The Labute approximate surface area is 163 Å². The Morgan fingerprint density at radius 2 is 1.64 bits per heavy atom. The van der Waals surface area contributed by atoms with Gasteiger partial charge in [-0.15, -0.1) is 0 Å². The van der Waals surface area contributed by atoms with Gasteiger partial charge in [-0.2, -0.15) is 0 Å². The molecular formula is C23H23NO4. The van der Waals surface area contributed by atoms with E-state index in [1.54, 1.807) is 13.8 Å². The van der Waals surface area contributed by atoms with Crippen LogP contribution in [-0.2, 0) is 25.5 Å². The standard InChI is InChI=1S/C23H23NO4/c1-4-14-9-11-15(12-10-14)19(17-13-24-18-8-6-5-7-16(17)18)20-21(25)27-23(2,3)28-22(20)26/h5-13,19-20,24H,4H2,1-3H3/t19-/m0/s1. The summed E-state index contributed by atoms with van der Waals surface area (Å²) in [6.07, 6.45) is 2.78. The maximum absolute atomic E-state index is 12.9. The Balaban J connectivity index is 1.86. The van der Waals surface area contributed by atoms with E-state index in [2.05, 4.69) is 11.9 Å². The number of carbonyl (C=O) groups is 2. The highest BCUT2D eigenvalue weighted by Gasteiger charge is 2.48. The molecule has 2 heterocycles. The molecule has 0 saturated carbocycles. The van der Waals surface area contributed by atoms with Gasteiger partial charge in [0.25, 0.3) is 5.79 Å². The first-order chi connectivity index (χ1) is 13.4. The molecule has 5 nitrogen and oxygen atoms in total. The number of aromatic nitrogens is 1. The van der Waals surface area contributed by atoms with Crippen LogP contribution >= 0.6 is 0 Å². The minimum Gasteiger partial charge on any atom is -0.422 e. The molecule has 1 N–H and O–H groups in total. The summed E-state index contributed by atoms with van der Waals surface area (Å²) in [7, 11) is 0. The summed E-state index contributed by atoms with van der Waals surface area (Å²) in [6, 6.07) is 15.9. The fourth-order valence-corrected chi connectivity index (χ4v) is 3.86. The van der Waals surface area contributed by atoms with Crippen molar-refractivity contribution in [2.24, 2.45) is 5.92 Å². The monoisotopic (exact) mass is 377 g/mol. The average Bonchev–Trinajstić information content (AvgIpc) is 3.08. The smallest absolute Gasteiger partial charge is 0.324 e. The lowest BCUT2D eigenvalue weighted by Crippen LogP contribution is -2.48. The summed E-state index contributed by atoms with van der Waals surface area (Å²) in [6.45, 7) is 5.22. The topological polar surface area (TPSA) is 68.4 Å². The van der Waals surface area contributed by atoms with E-state index in [1.165, 1.54) is 5.56 Å². The van der Waals surface area contributed by atoms with E-state index in [9.17, 15) is 9.59 Å². The quantitative estimate of drug-likeness (QED) is 0.543. The van der Waals surface area contributed by atoms with Gasteiger partial charge in [-0.3, -0.25) is 9.59 Å². The van der Waals surface area contributed by atoms with Gasteiger partial charge in [-0.05, 0) is 29.2 Å². The van der Waals surface area contributed by atoms with Crippen LogP contribution in [0.2, 0.25) is 0 Å². The molecule has 1 aliphatic rings. The van der Waals surface area contributed by atoms with Crippen molar-refractivity contribution in [2.45, 2.75) is 38.9 Å². The second-order valence-electron chi connectivity index (χ2n) is 7.58. The molecule has 1 aromatic heterocycles. The SMILES string of the molecule is CCc1ccc([C@@H](c2c[nH]c3ccccc23)C2C(=O)OC(C)(C)OC2=O)cc1. The van der Waals surface area contributed by atoms with Gasteiger partial charge < -0.3 is 14.5 Å². The van der Waals surface area contributed by atoms with Gasteiger partial charge in [0.2, 0.25) is 0 Å². The molecule has 2 aromatic carbocycles. The minimum absolute atomic E-state index is 0.502. The highest BCUT2D eigenvalue weighted by atomic mass is 16.7. The van der Waals surface area contributed by atoms with Crippen molar-refractivity contribution in [1.29, 1.82) is 0 Å². The Morgan fingerprint density at radius 3 is 2.29 bits per heavy atom. The zero-order valence-electron chi connectivity index (χ0n) is 16.2. The molecule has 0 amide bonds. The lowest BCUT2D eigenvalue weighted by atomic mass is 9.79. The zero-order valence-corrected chi connectivity index (χ0v) is 16.2. The second kappa shape index (κ2) is 6.82. The highest BCUT2D eigenvalue weighted by molar-refractivity contribution is 5.99. The predicted molar refractivity (Wildman–Crippen MR) is 106 cm³/mol. The van der Waals surface area contributed by atoms with Crippen molar-refractivity contribution in [1.82, 2.24) is 4.98 Å². The van der Waals surface area contributed by atoms with Crippen LogP contribution in [-0.4, -0.2) is 22.7 Å². The van der Waals surface area contributed by atoms with Gasteiger partial charge in [0.1, 0.15) is 0 Å². The van der Waals surface area contributed by atoms with Crippen LogP contribution in [0.25, 0.3) is 10.9 Å². The number of hydrogen-bond donors (Lipinski definition) is 1. The van der Waals surface area contributed by atoms with Gasteiger partial charge >= 0.3 is 11.9 Å². The second-order valence-corrected chi connectivity index (χ2v) is 7.58. The number of H-pyrrole nitrogens is 1. The Kier molecular flexibility index (Phi) is 4.46. The van der Waals surface area contributed by atoms with Gasteiger partial charge in [0.15, 0.2) is 5.92 Å². The molecule has 4 rings (SSSR count). The van der Waals surface area contributed by atoms with Crippen molar-refractivity contribution in [2.75, 3.05) is 0 Å². The van der Waals surface area contributed by atoms with E-state index in [-0.39, 0.29) is 0 Å². The third kappa shape index (κ3) is 3.17.